The molecule has 0 spiro atoms. The van der Waals surface area contributed by atoms with Crippen LogP contribution in [0.3, 0.4) is 0 Å². The van der Waals surface area contributed by atoms with Crippen LogP contribution in [0.1, 0.15) is 17.3 Å². The number of H-pyrrole nitrogens is 1. The quantitative estimate of drug-likeness (QED) is 0.557. The van der Waals surface area contributed by atoms with Crippen LogP contribution in [0.15, 0.2) is 46.1 Å². The molecule has 0 fully saturated rings. The van der Waals surface area contributed by atoms with Gasteiger partial charge in [-0.2, -0.15) is 0 Å². The summed E-state index contributed by atoms with van der Waals surface area (Å²) in [5.41, 5.74) is -0.372. The second kappa shape index (κ2) is 7.86. The summed E-state index contributed by atoms with van der Waals surface area (Å²) < 4.78 is 5.72. The number of ketones is 1. The van der Waals surface area contributed by atoms with Crippen LogP contribution in [0.25, 0.3) is 0 Å². The molecule has 1 aromatic heterocycles. The Morgan fingerprint density at radius 2 is 1.80 bits per heavy atom. The van der Waals surface area contributed by atoms with E-state index in [9.17, 15) is 24.0 Å². The van der Waals surface area contributed by atoms with Crippen LogP contribution in [0.4, 0.5) is 5.69 Å². The third kappa shape index (κ3) is 5.27. The molecule has 1 aromatic carbocycles. The molecule has 2 N–H and O–H groups in total. The topological polar surface area (TPSA) is 127 Å². The second-order valence-electron chi connectivity index (χ2n) is 5.08. The molecular formula is C16H15N3O6. The van der Waals surface area contributed by atoms with Gasteiger partial charge in [0.1, 0.15) is 6.54 Å². The number of carbonyl (C=O) groups excluding carboxylic acids is 3. The number of ether oxygens (including phenoxy) is 1. The van der Waals surface area contributed by atoms with Crippen molar-refractivity contribution >= 4 is 23.3 Å². The Morgan fingerprint density at radius 3 is 2.40 bits per heavy atom. The minimum absolute atomic E-state index is 0.0932. The molecule has 9 nitrogen and oxygen atoms in total. The standard InChI is InChI=1S/C16H15N3O6/c1-10(20)11-2-4-12(5-3-11)17-14(22)9-25-15(23)8-19-7-6-13(21)18-16(19)24/h2-7H,8-9H2,1H3,(H,17,22)(H,18,21,24). The van der Waals surface area contributed by atoms with E-state index in [0.717, 1.165) is 16.8 Å². The van der Waals surface area contributed by atoms with Gasteiger partial charge >= 0.3 is 11.7 Å². The molecule has 0 atom stereocenters. The number of esters is 1. The van der Waals surface area contributed by atoms with Crippen LogP contribution in [0.5, 0.6) is 0 Å². The number of amides is 1. The fraction of sp³-hybridized carbons (Fsp3) is 0.188. The lowest BCUT2D eigenvalue weighted by molar-refractivity contribution is -0.148. The predicted octanol–water partition coefficient (Wildman–Crippen LogP) is -0.0789. The molecule has 0 aliphatic heterocycles. The van der Waals surface area contributed by atoms with Crippen LogP contribution in [-0.2, 0) is 20.9 Å². The zero-order chi connectivity index (χ0) is 18.4. The molecule has 2 aromatic rings. The van der Waals surface area contributed by atoms with E-state index in [2.05, 4.69) is 5.32 Å². The van der Waals surface area contributed by atoms with Crippen molar-refractivity contribution in [1.29, 1.82) is 0 Å². The molecule has 2 rings (SSSR count). The lowest BCUT2D eigenvalue weighted by Gasteiger charge is -2.08. The first-order valence-electron chi connectivity index (χ1n) is 7.21. The van der Waals surface area contributed by atoms with Gasteiger partial charge in [-0.3, -0.25) is 28.7 Å². The summed E-state index contributed by atoms with van der Waals surface area (Å²) in [6.45, 7) is 0.461. The van der Waals surface area contributed by atoms with E-state index in [-0.39, 0.29) is 5.78 Å². The van der Waals surface area contributed by atoms with Gasteiger partial charge in [0.05, 0.1) is 0 Å². The van der Waals surface area contributed by atoms with Crippen molar-refractivity contribution in [2.45, 2.75) is 13.5 Å². The van der Waals surface area contributed by atoms with Gasteiger partial charge in [-0.05, 0) is 31.2 Å². The fourth-order valence-electron chi connectivity index (χ4n) is 1.88. The molecule has 0 radical (unpaired) electrons. The molecular weight excluding hydrogens is 330 g/mol. The third-order valence-electron chi connectivity index (χ3n) is 3.14. The summed E-state index contributed by atoms with van der Waals surface area (Å²) in [7, 11) is 0. The molecule has 9 heteroatoms. The average molecular weight is 345 g/mol. The van der Waals surface area contributed by atoms with Crippen LogP contribution < -0.4 is 16.6 Å². The normalized spacial score (nSPS) is 10.1. The first-order chi connectivity index (χ1) is 11.8. The number of carbonyl (C=O) groups is 3. The number of rotatable bonds is 6. The largest absolute Gasteiger partial charge is 0.454 e. The lowest BCUT2D eigenvalue weighted by atomic mass is 10.1. The number of anilines is 1. The second-order valence-corrected chi connectivity index (χ2v) is 5.08. The highest BCUT2D eigenvalue weighted by Gasteiger charge is 2.10. The zero-order valence-electron chi connectivity index (χ0n) is 13.3. The molecule has 130 valence electrons. The van der Waals surface area contributed by atoms with Crippen molar-refractivity contribution in [1.82, 2.24) is 9.55 Å². The molecule has 0 unspecified atom stereocenters. The van der Waals surface area contributed by atoms with Gasteiger partial charge in [0.2, 0.25) is 0 Å². The summed E-state index contributed by atoms with van der Waals surface area (Å²) in [4.78, 5) is 58.9. The summed E-state index contributed by atoms with van der Waals surface area (Å²) in [6.07, 6.45) is 1.15. The van der Waals surface area contributed by atoms with Crippen molar-refractivity contribution in [2.75, 3.05) is 11.9 Å². The molecule has 0 saturated heterocycles. The number of hydrogen-bond donors (Lipinski definition) is 2. The number of aromatic nitrogens is 2. The van der Waals surface area contributed by atoms with Gasteiger partial charge < -0.3 is 10.1 Å². The Hall–Kier alpha value is -3.49. The summed E-state index contributed by atoms with van der Waals surface area (Å²) in [5, 5.41) is 2.50. The first-order valence-corrected chi connectivity index (χ1v) is 7.21. The Balaban J connectivity index is 1.84. The zero-order valence-corrected chi connectivity index (χ0v) is 13.3. The van der Waals surface area contributed by atoms with Gasteiger partial charge in [-0.1, -0.05) is 0 Å². The van der Waals surface area contributed by atoms with Crippen LogP contribution in [-0.4, -0.2) is 33.8 Å². The van der Waals surface area contributed by atoms with E-state index in [1.165, 1.54) is 6.92 Å². The molecule has 0 bridgehead atoms. The van der Waals surface area contributed by atoms with Gasteiger partial charge in [-0.15, -0.1) is 0 Å². The first kappa shape index (κ1) is 17.9. The van der Waals surface area contributed by atoms with E-state index in [0.29, 0.717) is 11.3 Å². The molecule has 1 heterocycles. The summed E-state index contributed by atoms with van der Waals surface area (Å²) in [5.74, 6) is -1.47. The average Bonchev–Trinajstić information content (AvgIpc) is 2.56. The van der Waals surface area contributed by atoms with Gasteiger partial charge in [-0.25, -0.2) is 4.79 Å². The van der Waals surface area contributed by atoms with E-state index < -0.39 is 36.3 Å². The van der Waals surface area contributed by atoms with Gasteiger partial charge in [0, 0.05) is 23.5 Å². The van der Waals surface area contributed by atoms with E-state index in [1.54, 1.807) is 24.3 Å². The fourth-order valence-corrected chi connectivity index (χ4v) is 1.88. The van der Waals surface area contributed by atoms with Gasteiger partial charge in [0.15, 0.2) is 12.4 Å². The highest BCUT2D eigenvalue weighted by atomic mass is 16.5. The van der Waals surface area contributed by atoms with Crippen LogP contribution in [0, 0.1) is 0 Å². The van der Waals surface area contributed by atoms with Crippen molar-refractivity contribution in [2.24, 2.45) is 0 Å². The van der Waals surface area contributed by atoms with Crippen molar-refractivity contribution in [3.63, 3.8) is 0 Å². The maximum Gasteiger partial charge on any atom is 0.328 e. The molecule has 25 heavy (non-hydrogen) atoms. The van der Waals surface area contributed by atoms with Gasteiger partial charge in [0.25, 0.3) is 11.5 Å². The third-order valence-corrected chi connectivity index (χ3v) is 3.14. The number of hydrogen-bond acceptors (Lipinski definition) is 6. The molecule has 0 aliphatic carbocycles. The van der Waals surface area contributed by atoms with Crippen molar-refractivity contribution in [3.05, 3.63) is 62.9 Å². The maximum atomic E-state index is 11.7. The number of Topliss-reactive ketones (excluding diaryl/α,β-unsaturated/α-hetero) is 1. The smallest absolute Gasteiger partial charge is 0.328 e. The Kier molecular flexibility index (Phi) is 5.62. The van der Waals surface area contributed by atoms with Crippen LogP contribution in [0.2, 0.25) is 0 Å². The molecule has 1 amide bonds. The number of benzene rings is 1. The number of aromatic amines is 1. The highest BCUT2D eigenvalue weighted by molar-refractivity contribution is 5.96. The highest BCUT2D eigenvalue weighted by Crippen LogP contribution is 2.09. The number of nitrogens with zero attached hydrogens (tertiary/aromatic N) is 1. The Morgan fingerprint density at radius 1 is 1.12 bits per heavy atom. The van der Waals surface area contributed by atoms with E-state index in [1.807, 2.05) is 4.98 Å². The minimum atomic E-state index is -0.809. The van der Waals surface area contributed by atoms with Crippen molar-refractivity contribution in [3.8, 4) is 0 Å². The maximum absolute atomic E-state index is 11.7. The Bertz CT molecular complexity index is 910. The van der Waals surface area contributed by atoms with Crippen LogP contribution >= 0.6 is 0 Å². The SMILES string of the molecule is CC(=O)c1ccc(NC(=O)COC(=O)Cn2ccc(=O)[nH]c2=O)cc1. The molecule has 0 saturated carbocycles. The summed E-state index contributed by atoms with van der Waals surface area (Å²) >= 11 is 0. The molecule has 0 aliphatic rings. The monoisotopic (exact) mass is 345 g/mol. The Labute approximate surface area is 141 Å². The lowest BCUT2D eigenvalue weighted by Crippen LogP contribution is -2.32. The van der Waals surface area contributed by atoms with Crippen molar-refractivity contribution < 1.29 is 19.1 Å². The van der Waals surface area contributed by atoms with E-state index in [4.69, 9.17) is 4.74 Å². The predicted molar refractivity (Wildman–Crippen MR) is 87.4 cm³/mol. The minimum Gasteiger partial charge on any atom is -0.454 e. The number of nitrogens with one attached hydrogen (secondary N) is 2. The summed E-state index contributed by atoms with van der Waals surface area (Å²) in [6, 6.07) is 7.32. The van der Waals surface area contributed by atoms with E-state index >= 15 is 0 Å².